The molecule has 0 radical (unpaired) electrons. The quantitative estimate of drug-likeness (QED) is 0.866. The van der Waals surface area contributed by atoms with E-state index in [-0.39, 0.29) is 5.54 Å². The zero-order valence-corrected chi connectivity index (χ0v) is 10.8. The Labute approximate surface area is 99.6 Å². The van der Waals surface area contributed by atoms with Crippen molar-refractivity contribution in [2.75, 3.05) is 11.9 Å². The number of nitrogens with one attached hydrogen (secondary N) is 1. The first-order valence-electron chi connectivity index (χ1n) is 5.19. The summed E-state index contributed by atoms with van der Waals surface area (Å²) in [5, 5.41) is 3.42. The molecule has 3 nitrogen and oxygen atoms in total. The lowest BCUT2D eigenvalue weighted by Crippen LogP contribution is -2.36. The molecule has 0 bridgehead atoms. The first-order chi connectivity index (χ1) is 7.09. The minimum atomic E-state index is 0.0373. The van der Waals surface area contributed by atoms with E-state index in [9.17, 15) is 0 Å². The highest BCUT2D eigenvalue weighted by Crippen LogP contribution is 2.20. The van der Waals surface area contributed by atoms with Crippen molar-refractivity contribution in [3.63, 3.8) is 0 Å². The second-order valence-corrected chi connectivity index (χ2v) is 4.86. The fourth-order valence-electron chi connectivity index (χ4n) is 1.41. The molecule has 0 aliphatic heterocycles. The molecule has 0 aromatic carbocycles. The molecule has 84 valence electrons. The Morgan fingerprint density at radius 3 is 2.73 bits per heavy atom. The van der Waals surface area contributed by atoms with Gasteiger partial charge in [-0.2, -0.15) is 0 Å². The van der Waals surface area contributed by atoms with Crippen LogP contribution in [0.25, 0.3) is 0 Å². The Bertz CT molecular complexity index is 299. The van der Waals surface area contributed by atoms with Crippen LogP contribution in [0.5, 0.6) is 0 Å². The number of hydrogen-bond acceptors (Lipinski definition) is 3. The molecule has 1 rings (SSSR count). The van der Waals surface area contributed by atoms with Crippen LogP contribution in [-0.2, 0) is 0 Å². The first kappa shape index (κ1) is 12.5. The second-order valence-electron chi connectivity index (χ2n) is 3.94. The zero-order chi connectivity index (χ0) is 11.3. The number of nitrogens with two attached hydrogens (primary N) is 1. The summed E-state index contributed by atoms with van der Waals surface area (Å²) in [6.45, 7) is 5.01. The number of hydrogen-bond donors (Lipinski definition) is 2. The van der Waals surface area contributed by atoms with Gasteiger partial charge in [-0.1, -0.05) is 6.92 Å². The molecule has 3 N–H and O–H groups in total. The Morgan fingerprint density at radius 2 is 2.27 bits per heavy atom. The van der Waals surface area contributed by atoms with Gasteiger partial charge in [0.15, 0.2) is 0 Å². The van der Waals surface area contributed by atoms with Crippen LogP contribution in [0.15, 0.2) is 22.8 Å². The average molecular weight is 272 g/mol. The molecule has 0 fully saturated rings. The van der Waals surface area contributed by atoms with E-state index in [1.807, 2.05) is 12.1 Å². The van der Waals surface area contributed by atoms with E-state index in [1.165, 1.54) is 0 Å². The van der Waals surface area contributed by atoms with Gasteiger partial charge in [-0.15, -0.1) is 0 Å². The fraction of sp³-hybridized carbons (Fsp3) is 0.545. The molecule has 1 aromatic rings. The van der Waals surface area contributed by atoms with Gasteiger partial charge in [0.25, 0.3) is 0 Å². The summed E-state index contributed by atoms with van der Waals surface area (Å²) in [6, 6.07) is 3.95. The Balaban J connectivity index is 2.70. The molecule has 0 amide bonds. The molecular weight excluding hydrogens is 254 g/mol. The number of pyridine rings is 1. The molecule has 0 spiro atoms. The normalized spacial score (nSPS) is 14.7. The lowest BCUT2D eigenvalue weighted by Gasteiger charge is -2.29. The summed E-state index contributed by atoms with van der Waals surface area (Å²) in [6.07, 6.45) is 3.77. The third-order valence-corrected chi connectivity index (χ3v) is 3.10. The van der Waals surface area contributed by atoms with E-state index in [4.69, 9.17) is 5.73 Å². The summed E-state index contributed by atoms with van der Waals surface area (Å²) in [5.74, 6) is 0.899. The highest BCUT2D eigenvalue weighted by atomic mass is 79.9. The van der Waals surface area contributed by atoms with Crippen molar-refractivity contribution in [1.29, 1.82) is 0 Å². The lowest BCUT2D eigenvalue weighted by atomic mass is 9.94. The minimum absolute atomic E-state index is 0.0373. The van der Waals surface area contributed by atoms with Gasteiger partial charge in [0.1, 0.15) is 5.82 Å². The Morgan fingerprint density at radius 1 is 1.53 bits per heavy atom. The molecule has 1 unspecified atom stereocenters. The van der Waals surface area contributed by atoms with Crippen molar-refractivity contribution in [3.8, 4) is 0 Å². The summed E-state index contributed by atoms with van der Waals surface area (Å²) < 4.78 is 0.991. The topological polar surface area (TPSA) is 50.9 Å². The maximum atomic E-state index is 5.60. The van der Waals surface area contributed by atoms with Gasteiger partial charge in [0, 0.05) is 16.2 Å². The molecule has 0 saturated carbocycles. The summed E-state index contributed by atoms with van der Waals surface area (Å²) in [5.41, 5.74) is 5.64. The highest BCUT2D eigenvalue weighted by molar-refractivity contribution is 9.10. The van der Waals surface area contributed by atoms with E-state index in [2.05, 4.69) is 40.1 Å². The van der Waals surface area contributed by atoms with Crippen molar-refractivity contribution in [2.45, 2.75) is 32.2 Å². The fourth-order valence-corrected chi connectivity index (χ4v) is 1.64. The third-order valence-electron chi connectivity index (χ3n) is 2.63. The van der Waals surface area contributed by atoms with Crippen LogP contribution in [0.2, 0.25) is 0 Å². The van der Waals surface area contributed by atoms with Gasteiger partial charge in [-0.05, 0) is 54.4 Å². The van der Waals surface area contributed by atoms with Crippen LogP contribution < -0.4 is 11.1 Å². The zero-order valence-electron chi connectivity index (χ0n) is 9.26. The van der Waals surface area contributed by atoms with Crippen molar-refractivity contribution in [2.24, 2.45) is 5.73 Å². The number of nitrogens with zero attached hydrogens (tertiary/aromatic N) is 1. The van der Waals surface area contributed by atoms with Gasteiger partial charge in [0.2, 0.25) is 0 Å². The number of rotatable bonds is 5. The molecule has 0 aliphatic rings. The van der Waals surface area contributed by atoms with E-state index in [0.29, 0.717) is 6.54 Å². The number of halogens is 1. The number of aromatic nitrogens is 1. The number of anilines is 1. The maximum absolute atomic E-state index is 5.60. The summed E-state index contributed by atoms with van der Waals surface area (Å²) >= 11 is 3.36. The SMILES string of the molecule is CCC(C)(CCN)Nc1ccc(Br)cn1. The van der Waals surface area contributed by atoms with E-state index < -0.39 is 0 Å². The largest absolute Gasteiger partial charge is 0.365 e. The van der Waals surface area contributed by atoms with Crippen molar-refractivity contribution < 1.29 is 0 Å². The average Bonchev–Trinajstić information content (AvgIpc) is 2.22. The predicted molar refractivity (Wildman–Crippen MR) is 67.9 cm³/mol. The lowest BCUT2D eigenvalue weighted by molar-refractivity contribution is 0.462. The molecule has 1 atom stereocenters. The van der Waals surface area contributed by atoms with Crippen LogP contribution in [-0.4, -0.2) is 17.1 Å². The van der Waals surface area contributed by atoms with Gasteiger partial charge < -0.3 is 11.1 Å². The summed E-state index contributed by atoms with van der Waals surface area (Å²) in [7, 11) is 0. The molecule has 1 aromatic heterocycles. The smallest absolute Gasteiger partial charge is 0.126 e. The Hall–Kier alpha value is -0.610. The van der Waals surface area contributed by atoms with Crippen LogP contribution in [0.1, 0.15) is 26.7 Å². The van der Waals surface area contributed by atoms with Gasteiger partial charge in [-0.3, -0.25) is 0 Å². The molecule has 0 aliphatic carbocycles. The molecule has 0 saturated heterocycles. The van der Waals surface area contributed by atoms with E-state index in [1.54, 1.807) is 6.20 Å². The minimum Gasteiger partial charge on any atom is -0.365 e. The molecule has 15 heavy (non-hydrogen) atoms. The predicted octanol–water partition coefficient (Wildman–Crippen LogP) is 2.77. The standard InChI is InChI=1S/C11H18BrN3/c1-3-11(2,6-7-13)15-10-5-4-9(12)8-14-10/h4-5,8H,3,6-7,13H2,1-2H3,(H,14,15). The summed E-state index contributed by atoms with van der Waals surface area (Å²) in [4.78, 5) is 4.29. The Kier molecular flexibility index (Phi) is 4.54. The van der Waals surface area contributed by atoms with E-state index >= 15 is 0 Å². The van der Waals surface area contributed by atoms with Gasteiger partial charge in [0.05, 0.1) is 0 Å². The van der Waals surface area contributed by atoms with Crippen LogP contribution in [0.3, 0.4) is 0 Å². The highest BCUT2D eigenvalue weighted by Gasteiger charge is 2.20. The molecular formula is C11H18BrN3. The third kappa shape index (κ3) is 3.80. The maximum Gasteiger partial charge on any atom is 0.126 e. The molecule has 1 heterocycles. The first-order valence-corrected chi connectivity index (χ1v) is 5.99. The van der Waals surface area contributed by atoms with Crippen molar-refractivity contribution in [3.05, 3.63) is 22.8 Å². The second kappa shape index (κ2) is 5.47. The van der Waals surface area contributed by atoms with Crippen LogP contribution in [0.4, 0.5) is 5.82 Å². The van der Waals surface area contributed by atoms with Gasteiger partial charge >= 0.3 is 0 Å². The van der Waals surface area contributed by atoms with E-state index in [0.717, 1.165) is 23.1 Å². The monoisotopic (exact) mass is 271 g/mol. The van der Waals surface area contributed by atoms with Crippen molar-refractivity contribution >= 4 is 21.7 Å². The molecule has 4 heteroatoms. The van der Waals surface area contributed by atoms with Crippen LogP contribution in [0, 0.1) is 0 Å². The van der Waals surface area contributed by atoms with Crippen molar-refractivity contribution in [1.82, 2.24) is 4.98 Å². The van der Waals surface area contributed by atoms with Gasteiger partial charge in [-0.25, -0.2) is 4.98 Å². The van der Waals surface area contributed by atoms with Crippen LogP contribution >= 0.6 is 15.9 Å².